The summed E-state index contributed by atoms with van der Waals surface area (Å²) in [6.07, 6.45) is 6.80. The van der Waals surface area contributed by atoms with Crippen molar-refractivity contribution in [1.82, 2.24) is 10.6 Å². The fourth-order valence-corrected chi connectivity index (χ4v) is 3.43. The lowest BCUT2D eigenvalue weighted by Crippen LogP contribution is -2.42. The molecule has 3 nitrogen and oxygen atoms in total. The van der Waals surface area contributed by atoms with Crippen LogP contribution in [0.25, 0.3) is 0 Å². The van der Waals surface area contributed by atoms with Crippen molar-refractivity contribution >= 4 is 23.5 Å². The number of fused-ring (bicyclic) bond motifs is 2. The van der Waals surface area contributed by atoms with Gasteiger partial charge in [-0.3, -0.25) is 15.6 Å². The van der Waals surface area contributed by atoms with Gasteiger partial charge in [-0.05, 0) is 51.3 Å². The Morgan fingerprint density at radius 2 is 2.29 bits per heavy atom. The van der Waals surface area contributed by atoms with Crippen LogP contribution in [0.15, 0.2) is 28.8 Å². The van der Waals surface area contributed by atoms with E-state index < -0.39 is 0 Å². The molecule has 1 unspecified atom stereocenters. The number of allylic oxidation sites excluding steroid dienone is 2. The summed E-state index contributed by atoms with van der Waals surface area (Å²) in [5, 5.41) is 8.05. The van der Waals surface area contributed by atoms with Crippen molar-refractivity contribution in [1.29, 1.82) is 0 Å². The Hall–Kier alpha value is -1.16. The first-order chi connectivity index (χ1) is 10.00. The molecule has 1 saturated heterocycles. The molecule has 2 N–H and O–H groups in total. The number of nitrogens with one attached hydrogen (secondary N) is 2. The summed E-state index contributed by atoms with van der Waals surface area (Å²) in [6, 6.07) is 4.02. The Kier molecular flexibility index (Phi) is 3.91. The third-order valence-electron chi connectivity index (χ3n) is 4.23. The smallest absolute Gasteiger partial charge is 0.0953 e. The first-order valence-electron chi connectivity index (χ1n) is 7.50. The van der Waals surface area contributed by atoms with Crippen LogP contribution in [-0.4, -0.2) is 18.9 Å². The molecule has 3 rings (SSSR count). The van der Waals surface area contributed by atoms with Gasteiger partial charge in [0.1, 0.15) is 0 Å². The van der Waals surface area contributed by atoms with Crippen LogP contribution in [0.5, 0.6) is 0 Å². The Balaban J connectivity index is 1.78. The molecule has 112 valence electrons. The van der Waals surface area contributed by atoms with Crippen LogP contribution >= 0.6 is 11.6 Å². The molecule has 2 heterocycles. The number of hydrogen-bond acceptors (Lipinski definition) is 3. The van der Waals surface area contributed by atoms with Crippen LogP contribution < -0.4 is 10.6 Å². The van der Waals surface area contributed by atoms with Crippen molar-refractivity contribution in [3.05, 3.63) is 39.9 Å². The van der Waals surface area contributed by atoms with E-state index in [1.54, 1.807) is 0 Å². The highest BCUT2D eigenvalue weighted by Gasteiger charge is 2.42. The molecule has 2 aliphatic heterocycles. The Bertz CT molecular complexity index is 617. The van der Waals surface area contributed by atoms with Gasteiger partial charge in [0.15, 0.2) is 0 Å². The molecular weight excluding hydrogens is 282 g/mol. The molecule has 0 saturated carbocycles. The van der Waals surface area contributed by atoms with E-state index in [2.05, 4.69) is 42.5 Å². The molecule has 0 amide bonds. The van der Waals surface area contributed by atoms with Crippen molar-refractivity contribution in [2.45, 2.75) is 45.3 Å². The van der Waals surface area contributed by atoms with E-state index in [9.17, 15) is 0 Å². The highest BCUT2D eigenvalue weighted by atomic mass is 35.5. The molecule has 1 spiro atoms. The fourth-order valence-electron chi connectivity index (χ4n) is 3.16. The van der Waals surface area contributed by atoms with Gasteiger partial charge in [0.05, 0.1) is 17.4 Å². The molecule has 1 fully saturated rings. The quantitative estimate of drug-likeness (QED) is 0.833. The number of halogens is 1. The van der Waals surface area contributed by atoms with Gasteiger partial charge in [0.2, 0.25) is 0 Å². The minimum atomic E-state index is -0.194. The van der Waals surface area contributed by atoms with E-state index in [1.165, 1.54) is 11.1 Å². The predicted molar refractivity (Wildman–Crippen MR) is 89.6 cm³/mol. The summed E-state index contributed by atoms with van der Waals surface area (Å²) < 4.78 is 0. The van der Waals surface area contributed by atoms with Crippen LogP contribution in [0.1, 0.15) is 37.8 Å². The lowest BCUT2D eigenvalue weighted by Gasteiger charge is -2.23. The van der Waals surface area contributed by atoms with Crippen molar-refractivity contribution in [2.75, 3.05) is 6.54 Å². The Morgan fingerprint density at radius 1 is 1.48 bits per heavy atom. The molecule has 0 aliphatic carbocycles. The molecule has 21 heavy (non-hydrogen) atoms. The Labute approximate surface area is 131 Å². The number of nitrogens with zero attached hydrogens (tertiary/aromatic N) is 1. The van der Waals surface area contributed by atoms with Crippen LogP contribution in [0, 0.1) is 6.92 Å². The summed E-state index contributed by atoms with van der Waals surface area (Å²) in [4.78, 5) is 4.62. The first kappa shape index (κ1) is 14.8. The minimum absolute atomic E-state index is 0.194. The van der Waals surface area contributed by atoms with E-state index >= 15 is 0 Å². The first-order valence-corrected chi connectivity index (χ1v) is 7.88. The number of benzene rings is 1. The maximum absolute atomic E-state index is 6.23. The second-order valence-corrected chi connectivity index (χ2v) is 6.72. The monoisotopic (exact) mass is 303 g/mol. The highest BCUT2D eigenvalue weighted by molar-refractivity contribution is 6.31. The van der Waals surface area contributed by atoms with Gasteiger partial charge < -0.3 is 0 Å². The topological polar surface area (TPSA) is 36.4 Å². The molecule has 0 bridgehead atoms. The summed E-state index contributed by atoms with van der Waals surface area (Å²) in [5.41, 5.74) is 4.59. The summed E-state index contributed by atoms with van der Waals surface area (Å²) in [5.74, 6) is 0. The van der Waals surface area contributed by atoms with Crippen molar-refractivity contribution in [3.63, 3.8) is 0 Å². The van der Waals surface area contributed by atoms with Crippen LogP contribution in [0.4, 0.5) is 5.69 Å². The van der Waals surface area contributed by atoms with E-state index in [0.29, 0.717) is 6.17 Å². The third kappa shape index (κ3) is 2.78. The van der Waals surface area contributed by atoms with E-state index in [4.69, 9.17) is 11.6 Å². The molecule has 1 aromatic rings. The van der Waals surface area contributed by atoms with Gasteiger partial charge in [-0.2, -0.15) is 0 Å². The van der Waals surface area contributed by atoms with Crippen molar-refractivity contribution in [3.8, 4) is 0 Å². The summed E-state index contributed by atoms with van der Waals surface area (Å²) >= 11 is 6.23. The minimum Gasteiger partial charge on any atom is -0.299 e. The maximum atomic E-state index is 6.23. The SMILES string of the molecule is CC(C)=CCC[C@@H]1NCC2(C=Nc3c(C)cc(Cl)cc32)N1. The fraction of sp³-hybridized carbons (Fsp3) is 0.471. The van der Waals surface area contributed by atoms with E-state index in [1.807, 2.05) is 18.3 Å². The van der Waals surface area contributed by atoms with Gasteiger partial charge >= 0.3 is 0 Å². The molecule has 0 radical (unpaired) electrons. The molecule has 2 aliphatic rings. The third-order valence-corrected chi connectivity index (χ3v) is 4.45. The lowest BCUT2D eigenvalue weighted by molar-refractivity contribution is 0.472. The normalized spacial score (nSPS) is 26.4. The zero-order valence-electron chi connectivity index (χ0n) is 12.8. The van der Waals surface area contributed by atoms with Gasteiger partial charge in [0.25, 0.3) is 0 Å². The average molecular weight is 304 g/mol. The Morgan fingerprint density at radius 3 is 3.05 bits per heavy atom. The van der Waals surface area contributed by atoms with E-state index in [0.717, 1.165) is 35.7 Å². The number of aryl methyl sites for hydroxylation is 1. The zero-order valence-corrected chi connectivity index (χ0v) is 13.6. The molecule has 4 heteroatoms. The van der Waals surface area contributed by atoms with Crippen molar-refractivity contribution < 1.29 is 0 Å². The number of aliphatic imine (C=N–C) groups is 1. The summed E-state index contributed by atoms with van der Waals surface area (Å²) in [7, 11) is 0. The van der Waals surface area contributed by atoms with Gasteiger partial charge in [0, 0.05) is 23.3 Å². The molecule has 2 atom stereocenters. The van der Waals surface area contributed by atoms with Crippen LogP contribution in [0.3, 0.4) is 0 Å². The van der Waals surface area contributed by atoms with Gasteiger partial charge in [-0.15, -0.1) is 0 Å². The number of hydrogen-bond donors (Lipinski definition) is 2. The molecular formula is C17H22ClN3. The van der Waals surface area contributed by atoms with Crippen LogP contribution in [0.2, 0.25) is 5.02 Å². The van der Waals surface area contributed by atoms with Crippen LogP contribution in [-0.2, 0) is 5.54 Å². The maximum Gasteiger partial charge on any atom is 0.0953 e. The number of rotatable bonds is 3. The lowest BCUT2D eigenvalue weighted by atomic mass is 9.92. The van der Waals surface area contributed by atoms with Gasteiger partial charge in [-0.1, -0.05) is 23.3 Å². The molecule has 0 aromatic heterocycles. The van der Waals surface area contributed by atoms with Gasteiger partial charge in [-0.25, -0.2) is 0 Å². The largest absolute Gasteiger partial charge is 0.299 e. The standard InChI is InChI=1S/C17H22ClN3/c1-11(2)5-4-6-15-19-9-17(21-15)10-20-16-12(3)7-13(18)8-14(16)17/h5,7-8,10,15,19,21H,4,6,9H2,1-3H3/t15-,17?/m1/s1. The summed E-state index contributed by atoms with van der Waals surface area (Å²) in [6.45, 7) is 7.21. The van der Waals surface area contributed by atoms with E-state index in [-0.39, 0.29) is 5.54 Å². The zero-order chi connectivity index (χ0) is 15.0. The second kappa shape index (κ2) is 5.56. The highest BCUT2D eigenvalue weighted by Crippen LogP contribution is 2.41. The average Bonchev–Trinajstić information content (AvgIpc) is 2.96. The van der Waals surface area contributed by atoms with Crippen molar-refractivity contribution in [2.24, 2.45) is 4.99 Å². The molecule has 1 aromatic carbocycles. The predicted octanol–water partition coefficient (Wildman–Crippen LogP) is 3.82. The second-order valence-electron chi connectivity index (χ2n) is 6.29.